The fourth-order valence-corrected chi connectivity index (χ4v) is 2.61. The first kappa shape index (κ1) is 14.2. The third kappa shape index (κ3) is 3.02. The molecule has 20 heavy (non-hydrogen) atoms. The number of anilines is 1. The molecule has 0 aliphatic carbocycles. The zero-order chi connectivity index (χ0) is 14.7. The van der Waals surface area contributed by atoms with Gasteiger partial charge >= 0.3 is 5.97 Å². The maximum atomic E-state index is 11.1. The molecule has 0 spiro atoms. The Labute approximate surface area is 118 Å². The van der Waals surface area contributed by atoms with Crippen molar-refractivity contribution in [3.05, 3.63) is 27.3 Å². The maximum Gasteiger partial charge on any atom is 0.307 e. The van der Waals surface area contributed by atoms with Crippen LogP contribution in [-0.2, 0) is 9.53 Å². The van der Waals surface area contributed by atoms with Gasteiger partial charge in [0.1, 0.15) is 5.69 Å². The summed E-state index contributed by atoms with van der Waals surface area (Å²) in [5.74, 6) is -0.370. The van der Waals surface area contributed by atoms with Crippen molar-refractivity contribution in [2.75, 3.05) is 19.0 Å². The second-order valence-corrected chi connectivity index (χ2v) is 5.31. The van der Waals surface area contributed by atoms with Crippen molar-refractivity contribution < 1.29 is 14.5 Å². The molecule has 1 heterocycles. The lowest BCUT2D eigenvalue weighted by atomic mass is 10.2. The topological polar surface area (TPSA) is 94.4 Å². The van der Waals surface area contributed by atoms with Crippen molar-refractivity contribution in [3.63, 3.8) is 0 Å². The van der Waals surface area contributed by atoms with Gasteiger partial charge in [0.25, 0.3) is 5.69 Å². The van der Waals surface area contributed by atoms with Crippen molar-refractivity contribution in [1.82, 2.24) is 4.98 Å². The van der Waals surface area contributed by atoms with E-state index in [4.69, 9.17) is 0 Å². The summed E-state index contributed by atoms with van der Waals surface area (Å²) in [4.78, 5) is 26.0. The largest absolute Gasteiger partial charge is 0.469 e. The van der Waals surface area contributed by atoms with Crippen LogP contribution < -0.4 is 5.32 Å². The minimum Gasteiger partial charge on any atom is -0.469 e. The number of methoxy groups -OCH3 is 1. The number of nitro benzene ring substituents is 1. The van der Waals surface area contributed by atoms with E-state index in [1.54, 1.807) is 6.07 Å². The summed E-state index contributed by atoms with van der Waals surface area (Å²) in [5, 5.41) is 14.8. The minimum atomic E-state index is -0.449. The first-order valence-corrected chi connectivity index (χ1v) is 6.69. The van der Waals surface area contributed by atoms with E-state index in [2.05, 4.69) is 15.0 Å². The molecule has 0 radical (unpaired) electrons. The molecular weight excluding hydrogens is 282 g/mol. The standard InChI is InChI=1S/C12H13N3O4S/c1-7-14-9-5-8(13-4-3-12(16)19-2)10(15(17)18)6-11(9)20-7/h5-6,13H,3-4H2,1-2H3. The van der Waals surface area contributed by atoms with Crippen LogP contribution in [-0.4, -0.2) is 29.5 Å². The Morgan fingerprint density at radius 2 is 2.30 bits per heavy atom. The molecule has 0 unspecified atom stereocenters. The van der Waals surface area contributed by atoms with E-state index in [9.17, 15) is 14.9 Å². The summed E-state index contributed by atoms with van der Waals surface area (Å²) in [6.45, 7) is 2.11. The first-order valence-electron chi connectivity index (χ1n) is 5.87. The Bertz CT molecular complexity index is 668. The Hall–Kier alpha value is -2.22. The molecule has 0 aliphatic heterocycles. The van der Waals surface area contributed by atoms with Crippen LogP contribution in [0.15, 0.2) is 12.1 Å². The van der Waals surface area contributed by atoms with Crippen LogP contribution in [0.3, 0.4) is 0 Å². The summed E-state index contributed by atoms with van der Waals surface area (Å²) in [6, 6.07) is 3.13. The summed E-state index contributed by atoms with van der Waals surface area (Å²) in [6.07, 6.45) is 0.141. The number of nitrogens with one attached hydrogen (secondary N) is 1. The molecule has 0 bridgehead atoms. The SMILES string of the molecule is COC(=O)CCNc1cc2nc(C)sc2cc1[N+](=O)[O-]. The van der Waals surface area contributed by atoms with Crippen LogP contribution in [0.5, 0.6) is 0 Å². The van der Waals surface area contributed by atoms with Gasteiger partial charge in [0.15, 0.2) is 0 Å². The number of carbonyl (C=O) groups is 1. The molecule has 0 atom stereocenters. The van der Waals surface area contributed by atoms with Crippen LogP contribution in [0.2, 0.25) is 0 Å². The summed E-state index contributed by atoms with van der Waals surface area (Å²) >= 11 is 1.41. The van der Waals surface area contributed by atoms with Gasteiger partial charge in [0, 0.05) is 12.6 Å². The number of nitro groups is 1. The second-order valence-electron chi connectivity index (χ2n) is 4.08. The molecule has 0 saturated carbocycles. The molecular formula is C12H13N3O4S. The average molecular weight is 295 g/mol. The Morgan fingerprint density at radius 1 is 1.55 bits per heavy atom. The van der Waals surface area contributed by atoms with E-state index < -0.39 is 4.92 Å². The van der Waals surface area contributed by atoms with Gasteiger partial charge in [-0.05, 0) is 13.0 Å². The van der Waals surface area contributed by atoms with Crippen LogP contribution in [0.1, 0.15) is 11.4 Å². The lowest BCUT2D eigenvalue weighted by molar-refractivity contribution is -0.383. The second kappa shape index (κ2) is 5.83. The van der Waals surface area contributed by atoms with E-state index in [0.717, 1.165) is 9.71 Å². The number of ether oxygens (including phenoxy) is 1. The molecule has 7 nitrogen and oxygen atoms in total. The smallest absolute Gasteiger partial charge is 0.307 e. The van der Waals surface area contributed by atoms with Gasteiger partial charge in [0.05, 0.1) is 33.7 Å². The summed E-state index contributed by atoms with van der Waals surface area (Å²) in [7, 11) is 1.30. The number of aromatic nitrogens is 1. The fourth-order valence-electron chi connectivity index (χ4n) is 1.77. The quantitative estimate of drug-likeness (QED) is 0.517. The number of aryl methyl sites for hydroxylation is 1. The predicted molar refractivity (Wildman–Crippen MR) is 76.1 cm³/mol. The molecule has 1 aromatic carbocycles. The number of fused-ring (bicyclic) bond motifs is 1. The first-order chi connectivity index (χ1) is 9.51. The average Bonchev–Trinajstić information content (AvgIpc) is 2.76. The van der Waals surface area contributed by atoms with Crippen molar-refractivity contribution in [2.45, 2.75) is 13.3 Å². The zero-order valence-electron chi connectivity index (χ0n) is 11.0. The Morgan fingerprint density at radius 3 is 2.95 bits per heavy atom. The van der Waals surface area contributed by atoms with E-state index in [1.807, 2.05) is 6.92 Å². The molecule has 0 aliphatic rings. The van der Waals surface area contributed by atoms with Gasteiger partial charge < -0.3 is 10.1 Å². The number of carbonyl (C=O) groups excluding carboxylic acids is 1. The lowest BCUT2D eigenvalue weighted by Gasteiger charge is -2.06. The molecule has 1 aromatic heterocycles. The Balaban J connectivity index is 2.27. The van der Waals surface area contributed by atoms with Crippen LogP contribution in [0.4, 0.5) is 11.4 Å². The zero-order valence-corrected chi connectivity index (χ0v) is 11.8. The molecule has 2 rings (SSSR count). The highest BCUT2D eigenvalue weighted by Gasteiger charge is 2.17. The third-order valence-corrected chi connectivity index (χ3v) is 3.62. The van der Waals surface area contributed by atoms with Crippen molar-refractivity contribution in [3.8, 4) is 0 Å². The number of hydrogen-bond acceptors (Lipinski definition) is 7. The normalized spacial score (nSPS) is 10.5. The number of nitrogens with zero attached hydrogens (tertiary/aromatic N) is 2. The van der Waals surface area contributed by atoms with E-state index >= 15 is 0 Å². The van der Waals surface area contributed by atoms with Gasteiger partial charge in [-0.25, -0.2) is 4.98 Å². The molecule has 8 heteroatoms. The molecule has 2 aromatic rings. The monoisotopic (exact) mass is 295 g/mol. The van der Waals surface area contributed by atoms with Crippen LogP contribution >= 0.6 is 11.3 Å². The number of rotatable bonds is 5. The Kier molecular flexibility index (Phi) is 4.14. The third-order valence-electron chi connectivity index (χ3n) is 2.68. The molecule has 0 fully saturated rings. The van der Waals surface area contributed by atoms with Crippen molar-refractivity contribution >= 4 is 38.9 Å². The van der Waals surface area contributed by atoms with E-state index in [0.29, 0.717) is 11.2 Å². The minimum absolute atomic E-state index is 0.0222. The van der Waals surface area contributed by atoms with Gasteiger partial charge in [-0.3, -0.25) is 14.9 Å². The van der Waals surface area contributed by atoms with Gasteiger partial charge in [-0.15, -0.1) is 11.3 Å². The fraction of sp³-hybridized carbons (Fsp3) is 0.333. The van der Waals surface area contributed by atoms with E-state index in [1.165, 1.54) is 24.5 Å². The highest BCUT2D eigenvalue weighted by Crippen LogP contribution is 2.32. The highest BCUT2D eigenvalue weighted by atomic mass is 32.1. The molecule has 0 saturated heterocycles. The van der Waals surface area contributed by atoms with Crippen molar-refractivity contribution in [2.24, 2.45) is 0 Å². The van der Waals surface area contributed by atoms with Gasteiger partial charge in [-0.2, -0.15) is 0 Å². The van der Waals surface area contributed by atoms with Crippen LogP contribution in [0, 0.1) is 17.0 Å². The van der Waals surface area contributed by atoms with E-state index in [-0.39, 0.29) is 24.6 Å². The highest BCUT2D eigenvalue weighted by molar-refractivity contribution is 7.18. The van der Waals surface area contributed by atoms with Gasteiger partial charge in [0.2, 0.25) is 0 Å². The maximum absolute atomic E-state index is 11.1. The molecule has 0 amide bonds. The number of esters is 1. The van der Waals surface area contributed by atoms with Gasteiger partial charge in [-0.1, -0.05) is 0 Å². The molecule has 1 N–H and O–H groups in total. The van der Waals surface area contributed by atoms with Crippen molar-refractivity contribution in [1.29, 1.82) is 0 Å². The van der Waals surface area contributed by atoms with Crippen LogP contribution in [0.25, 0.3) is 10.2 Å². The predicted octanol–water partition coefficient (Wildman–Crippen LogP) is 2.49. The summed E-state index contributed by atoms with van der Waals surface area (Å²) in [5.41, 5.74) is 1.04. The lowest BCUT2D eigenvalue weighted by Crippen LogP contribution is -2.10. The molecule has 106 valence electrons. The number of hydrogen-bond donors (Lipinski definition) is 1. The summed E-state index contributed by atoms with van der Waals surface area (Å²) < 4.78 is 5.29. The number of benzene rings is 1. The number of thiazole rings is 1.